The standard InChI is InChI=1S/C22H30N4O2.HI/c1-4-8-21(27)26-19-13-11-17(12-14-19)15-24-22(23-3)25-16-18-9-6-7-10-20(18)28-5-2;/h6-7,9-14H,4-5,8,15-16H2,1-3H3,(H,26,27)(H2,23,24,25);1H. The van der Waals surface area contributed by atoms with Crippen LogP contribution in [0.5, 0.6) is 5.75 Å². The van der Waals surface area contributed by atoms with E-state index >= 15 is 0 Å². The molecule has 158 valence electrons. The molecule has 0 aliphatic carbocycles. The number of guanidine groups is 1. The van der Waals surface area contributed by atoms with Gasteiger partial charge < -0.3 is 20.7 Å². The molecule has 7 heteroatoms. The smallest absolute Gasteiger partial charge is 0.224 e. The van der Waals surface area contributed by atoms with Crippen LogP contribution in [0.25, 0.3) is 0 Å². The van der Waals surface area contributed by atoms with Crippen molar-refractivity contribution in [2.75, 3.05) is 19.0 Å². The van der Waals surface area contributed by atoms with E-state index in [1.807, 2.05) is 62.4 Å². The summed E-state index contributed by atoms with van der Waals surface area (Å²) in [4.78, 5) is 15.9. The zero-order valence-corrected chi connectivity index (χ0v) is 19.7. The highest BCUT2D eigenvalue weighted by molar-refractivity contribution is 14.0. The first-order chi connectivity index (χ1) is 13.7. The van der Waals surface area contributed by atoms with Crippen LogP contribution in [-0.2, 0) is 17.9 Å². The van der Waals surface area contributed by atoms with Gasteiger partial charge in [0.1, 0.15) is 5.75 Å². The molecule has 0 saturated heterocycles. The van der Waals surface area contributed by atoms with Gasteiger partial charge >= 0.3 is 0 Å². The largest absolute Gasteiger partial charge is 0.494 e. The zero-order valence-electron chi connectivity index (χ0n) is 17.3. The number of anilines is 1. The molecule has 2 aromatic rings. The molecule has 29 heavy (non-hydrogen) atoms. The summed E-state index contributed by atoms with van der Waals surface area (Å²) in [5.74, 6) is 1.64. The van der Waals surface area contributed by atoms with Gasteiger partial charge in [0.2, 0.25) is 5.91 Å². The van der Waals surface area contributed by atoms with E-state index in [0.717, 1.165) is 29.0 Å². The SMILES string of the molecule is CCCC(=O)Nc1ccc(CNC(=NC)NCc2ccccc2OCC)cc1.I. The van der Waals surface area contributed by atoms with Gasteiger partial charge in [-0.2, -0.15) is 0 Å². The number of hydrogen-bond acceptors (Lipinski definition) is 3. The molecule has 0 spiro atoms. The van der Waals surface area contributed by atoms with E-state index in [2.05, 4.69) is 20.9 Å². The number of hydrogen-bond donors (Lipinski definition) is 3. The minimum Gasteiger partial charge on any atom is -0.494 e. The number of nitrogens with one attached hydrogen (secondary N) is 3. The van der Waals surface area contributed by atoms with E-state index < -0.39 is 0 Å². The summed E-state index contributed by atoms with van der Waals surface area (Å²) < 4.78 is 5.66. The van der Waals surface area contributed by atoms with Crippen LogP contribution in [0.4, 0.5) is 5.69 Å². The number of rotatable bonds is 9. The zero-order chi connectivity index (χ0) is 20.2. The molecule has 0 fully saturated rings. The Morgan fingerprint density at radius 3 is 2.34 bits per heavy atom. The van der Waals surface area contributed by atoms with Crippen molar-refractivity contribution < 1.29 is 9.53 Å². The van der Waals surface area contributed by atoms with Crippen molar-refractivity contribution >= 4 is 41.5 Å². The third kappa shape index (κ3) is 8.72. The molecular formula is C22H31IN4O2. The van der Waals surface area contributed by atoms with Crippen LogP contribution < -0.4 is 20.7 Å². The van der Waals surface area contributed by atoms with Crippen LogP contribution in [0.2, 0.25) is 0 Å². The minimum atomic E-state index is 0. The number of amides is 1. The summed E-state index contributed by atoms with van der Waals surface area (Å²) in [7, 11) is 1.75. The summed E-state index contributed by atoms with van der Waals surface area (Å²) in [6.45, 7) is 5.86. The fourth-order valence-corrected chi connectivity index (χ4v) is 2.69. The average Bonchev–Trinajstić information content (AvgIpc) is 2.71. The highest BCUT2D eigenvalue weighted by Gasteiger charge is 2.05. The van der Waals surface area contributed by atoms with E-state index in [9.17, 15) is 4.79 Å². The molecule has 0 bridgehead atoms. The molecule has 0 atom stereocenters. The van der Waals surface area contributed by atoms with Crippen molar-refractivity contribution in [3.8, 4) is 5.75 Å². The van der Waals surface area contributed by atoms with Crippen molar-refractivity contribution in [1.29, 1.82) is 0 Å². The monoisotopic (exact) mass is 510 g/mol. The van der Waals surface area contributed by atoms with Crippen LogP contribution in [0.15, 0.2) is 53.5 Å². The van der Waals surface area contributed by atoms with E-state index in [1.165, 1.54) is 0 Å². The van der Waals surface area contributed by atoms with Crippen molar-refractivity contribution in [1.82, 2.24) is 10.6 Å². The third-order valence-electron chi connectivity index (χ3n) is 4.12. The molecule has 2 rings (SSSR count). The summed E-state index contributed by atoms with van der Waals surface area (Å²) in [6.07, 6.45) is 1.38. The summed E-state index contributed by atoms with van der Waals surface area (Å²) >= 11 is 0. The lowest BCUT2D eigenvalue weighted by Gasteiger charge is -2.14. The number of benzene rings is 2. The van der Waals surface area contributed by atoms with Crippen LogP contribution in [0.1, 0.15) is 37.8 Å². The Labute approximate surface area is 190 Å². The minimum absolute atomic E-state index is 0. The maximum Gasteiger partial charge on any atom is 0.224 e. The van der Waals surface area contributed by atoms with E-state index in [4.69, 9.17) is 4.74 Å². The van der Waals surface area contributed by atoms with Gasteiger partial charge in [-0.1, -0.05) is 37.3 Å². The lowest BCUT2D eigenvalue weighted by atomic mass is 10.2. The molecule has 2 aromatic carbocycles. The molecule has 0 unspecified atom stereocenters. The molecule has 0 aliphatic heterocycles. The summed E-state index contributed by atoms with van der Waals surface area (Å²) in [5, 5.41) is 9.50. The quantitative estimate of drug-likeness (QED) is 0.267. The molecule has 0 saturated carbocycles. The van der Waals surface area contributed by atoms with Crippen LogP contribution >= 0.6 is 24.0 Å². The number of carbonyl (C=O) groups excluding carboxylic acids is 1. The van der Waals surface area contributed by atoms with Crippen LogP contribution in [0, 0.1) is 0 Å². The summed E-state index contributed by atoms with van der Waals surface area (Å²) in [5.41, 5.74) is 3.00. The molecule has 0 aromatic heterocycles. The molecule has 6 nitrogen and oxygen atoms in total. The number of para-hydroxylation sites is 1. The Balaban J connectivity index is 0.00000420. The molecule has 0 heterocycles. The Hall–Kier alpha value is -2.29. The Kier molecular flexibility index (Phi) is 11.8. The maximum atomic E-state index is 11.6. The van der Waals surface area contributed by atoms with Gasteiger partial charge in [-0.3, -0.25) is 9.79 Å². The number of aliphatic imine (C=N–C) groups is 1. The van der Waals surface area contributed by atoms with Gasteiger partial charge in [-0.15, -0.1) is 24.0 Å². The maximum absolute atomic E-state index is 11.6. The second kappa shape index (κ2) is 13.8. The Morgan fingerprint density at radius 2 is 1.69 bits per heavy atom. The molecular weight excluding hydrogens is 479 g/mol. The van der Waals surface area contributed by atoms with Crippen molar-refractivity contribution in [3.63, 3.8) is 0 Å². The fourth-order valence-electron chi connectivity index (χ4n) is 2.69. The lowest BCUT2D eigenvalue weighted by molar-refractivity contribution is -0.116. The van der Waals surface area contributed by atoms with Crippen molar-refractivity contribution in [2.24, 2.45) is 4.99 Å². The van der Waals surface area contributed by atoms with Crippen molar-refractivity contribution in [2.45, 2.75) is 39.8 Å². The lowest BCUT2D eigenvalue weighted by Crippen LogP contribution is -2.36. The van der Waals surface area contributed by atoms with E-state index in [0.29, 0.717) is 32.1 Å². The molecule has 3 N–H and O–H groups in total. The topological polar surface area (TPSA) is 74.8 Å². The molecule has 0 radical (unpaired) electrons. The predicted molar refractivity (Wildman–Crippen MR) is 130 cm³/mol. The third-order valence-corrected chi connectivity index (χ3v) is 4.12. The predicted octanol–water partition coefficient (Wildman–Crippen LogP) is 4.31. The van der Waals surface area contributed by atoms with Gasteiger partial charge in [0.05, 0.1) is 6.61 Å². The van der Waals surface area contributed by atoms with Crippen molar-refractivity contribution in [3.05, 3.63) is 59.7 Å². The van der Waals surface area contributed by atoms with Gasteiger partial charge in [0.15, 0.2) is 5.96 Å². The first kappa shape index (κ1) is 24.7. The highest BCUT2D eigenvalue weighted by Crippen LogP contribution is 2.17. The Bertz CT molecular complexity index is 779. The number of ether oxygens (including phenoxy) is 1. The summed E-state index contributed by atoms with van der Waals surface area (Å²) in [6, 6.07) is 15.8. The van der Waals surface area contributed by atoms with Crippen LogP contribution in [0.3, 0.4) is 0 Å². The first-order valence-corrected chi connectivity index (χ1v) is 9.70. The van der Waals surface area contributed by atoms with E-state index in [1.54, 1.807) is 7.05 Å². The number of nitrogens with zero attached hydrogens (tertiary/aromatic N) is 1. The second-order valence-corrected chi connectivity index (χ2v) is 6.32. The first-order valence-electron chi connectivity index (χ1n) is 9.70. The average molecular weight is 510 g/mol. The number of carbonyl (C=O) groups is 1. The van der Waals surface area contributed by atoms with Gasteiger partial charge in [-0.25, -0.2) is 0 Å². The second-order valence-electron chi connectivity index (χ2n) is 6.32. The Morgan fingerprint density at radius 1 is 1.00 bits per heavy atom. The fraction of sp³-hybridized carbons (Fsp3) is 0.364. The van der Waals surface area contributed by atoms with Gasteiger partial charge in [0, 0.05) is 37.8 Å². The van der Waals surface area contributed by atoms with E-state index in [-0.39, 0.29) is 29.9 Å². The molecule has 1 amide bonds. The van der Waals surface area contributed by atoms with Crippen LogP contribution in [-0.4, -0.2) is 25.5 Å². The van der Waals surface area contributed by atoms with Gasteiger partial charge in [-0.05, 0) is 37.1 Å². The number of halogens is 1. The van der Waals surface area contributed by atoms with Gasteiger partial charge in [0.25, 0.3) is 0 Å². The molecule has 0 aliphatic rings. The highest BCUT2D eigenvalue weighted by atomic mass is 127. The normalized spacial score (nSPS) is 10.7.